The minimum atomic E-state index is 0.790. The number of rotatable bonds is 7. The highest BCUT2D eigenvalue weighted by Gasteiger charge is 2.20. The number of piperidine rings is 1. The van der Waals surface area contributed by atoms with Gasteiger partial charge >= 0.3 is 0 Å². The van der Waals surface area contributed by atoms with E-state index in [1.165, 1.54) is 51.9 Å². The summed E-state index contributed by atoms with van der Waals surface area (Å²) in [5.74, 6) is 0. The Balaban J connectivity index is 2.06. The molecule has 1 N–H and O–H groups in total. The Morgan fingerprint density at radius 3 is 2.88 bits per heavy atom. The van der Waals surface area contributed by atoms with Crippen LogP contribution in [0, 0.1) is 0 Å². The van der Waals surface area contributed by atoms with Crippen LogP contribution in [0.5, 0.6) is 0 Å². The summed E-state index contributed by atoms with van der Waals surface area (Å²) in [7, 11) is 4.53. The lowest BCUT2D eigenvalue weighted by molar-refractivity contribution is 0.133. The van der Waals surface area contributed by atoms with E-state index < -0.39 is 0 Å². The molecule has 0 spiro atoms. The second-order valence-electron chi connectivity index (χ2n) is 5.10. The molecule has 3 nitrogen and oxygen atoms in total. The molecule has 0 saturated carbocycles. The molecule has 16 heavy (non-hydrogen) atoms. The summed E-state index contributed by atoms with van der Waals surface area (Å²) in [5, 5.41) is 3.38. The number of nitrogens with zero attached hydrogens (tertiary/aromatic N) is 2. The molecule has 1 fully saturated rings. The fraction of sp³-hybridized carbons (Fsp3) is 1.00. The lowest BCUT2D eigenvalue weighted by atomic mass is 10.0. The summed E-state index contributed by atoms with van der Waals surface area (Å²) in [6.45, 7) is 8.24. The van der Waals surface area contributed by atoms with Crippen LogP contribution in [0.15, 0.2) is 0 Å². The molecule has 1 aliphatic rings. The largest absolute Gasteiger partial charge is 0.317 e. The SMILES string of the molecule is CCNCCCCN(C)C1CCCN(C)C1. The zero-order chi connectivity index (χ0) is 11.8. The van der Waals surface area contributed by atoms with Gasteiger partial charge in [-0.2, -0.15) is 0 Å². The maximum atomic E-state index is 3.38. The first kappa shape index (κ1) is 13.9. The molecular formula is C13H29N3. The molecule has 1 rings (SSSR count). The van der Waals surface area contributed by atoms with Gasteiger partial charge in [0.1, 0.15) is 0 Å². The van der Waals surface area contributed by atoms with Gasteiger partial charge in [0.2, 0.25) is 0 Å². The van der Waals surface area contributed by atoms with Gasteiger partial charge in [-0.05, 0) is 66.0 Å². The van der Waals surface area contributed by atoms with Crippen LogP contribution in [0.2, 0.25) is 0 Å². The summed E-state index contributed by atoms with van der Waals surface area (Å²) in [6, 6.07) is 0.790. The van der Waals surface area contributed by atoms with Crippen molar-refractivity contribution in [2.75, 3.05) is 46.8 Å². The van der Waals surface area contributed by atoms with Crippen LogP contribution in [0.4, 0.5) is 0 Å². The molecule has 1 unspecified atom stereocenters. The fourth-order valence-corrected chi connectivity index (χ4v) is 2.47. The van der Waals surface area contributed by atoms with Crippen LogP contribution < -0.4 is 5.32 Å². The zero-order valence-electron chi connectivity index (χ0n) is 11.3. The Labute approximate surface area is 101 Å². The third-order valence-corrected chi connectivity index (χ3v) is 3.59. The molecule has 1 saturated heterocycles. The van der Waals surface area contributed by atoms with Gasteiger partial charge in [-0.15, -0.1) is 0 Å². The van der Waals surface area contributed by atoms with Crippen molar-refractivity contribution in [2.24, 2.45) is 0 Å². The maximum Gasteiger partial charge on any atom is 0.0220 e. The number of hydrogen-bond acceptors (Lipinski definition) is 3. The second-order valence-corrected chi connectivity index (χ2v) is 5.10. The molecule has 0 amide bonds. The van der Waals surface area contributed by atoms with Gasteiger partial charge < -0.3 is 15.1 Å². The van der Waals surface area contributed by atoms with Crippen molar-refractivity contribution in [2.45, 2.75) is 38.6 Å². The molecule has 0 aromatic heterocycles. The van der Waals surface area contributed by atoms with E-state index in [0.717, 1.165) is 12.6 Å². The van der Waals surface area contributed by atoms with Crippen LogP contribution in [0.25, 0.3) is 0 Å². The first-order valence-electron chi connectivity index (χ1n) is 6.83. The fourth-order valence-electron chi connectivity index (χ4n) is 2.47. The molecule has 0 radical (unpaired) electrons. The van der Waals surface area contributed by atoms with Crippen molar-refractivity contribution < 1.29 is 0 Å². The Morgan fingerprint density at radius 2 is 2.19 bits per heavy atom. The predicted molar refractivity (Wildman–Crippen MR) is 70.9 cm³/mol. The molecule has 1 heterocycles. The van der Waals surface area contributed by atoms with Crippen molar-refractivity contribution in [3.05, 3.63) is 0 Å². The van der Waals surface area contributed by atoms with E-state index in [9.17, 15) is 0 Å². The molecule has 1 aliphatic heterocycles. The summed E-state index contributed by atoms with van der Waals surface area (Å²) < 4.78 is 0. The van der Waals surface area contributed by atoms with Crippen LogP contribution in [-0.4, -0.2) is 62.7 Å². The van der Waals surface area contributed by atoms with E-state index in [0.29, 0.717) is 0 Å². The Bertz CT molecular complexity index is 173. The highest BCUT2D eigenvalue weighted by molar-refractivity contribution is 4.77. The first-order valence-corrected chi connectivity index (χ1v) is 6.83. The summed E-state index contributed by atoms with van der Waals surface area (Å²) >= 11 is 0. The van der Waals surface area contributed by atoms with E-state index in [1.807, 2.05) is 0 Å². The van der Waals surface area contributed by atoms with Crippen LogP contribution in [0.3, 0.4) is 0 Å². The number of likely N-dealkylation sites (tertiary alicyclic amines) is 1. The van der Waals surface area contributed by atoms with Crippen molar-refractivity contribution in [1.29, 1.82) is 0 Å². The lowest BCUT2D eigenvalue weighted by Gasteiger charge is -2.35. The molecule has 0 aromatic carbocycles. The smallest absolute Gasteiger partial charge is 0.0220 e. The van der Waals surface area contributed by atoms with E-state index in [4.69, 9.17) is 0 Å². The Kier molecular flexibility index (Phi) is 7.01. The van der Waals surface area contributed by atoms with Gasteiger partial charge in [-0.25, -0.2) is 0 Å². The summed E-state index contributed by atoms with van der Waals surface area (Å²) in [6.07, 6.45) is 5.38. The van der Waals surface area contributed by atoms with Crippen LogP contribution in [-0.2, 0) is 0 Å². The highest BCUT2D eigenvalue weighted by atomic mass is 15.2. The molecule has 1 atom stereocenters. The maximum absolute atomic E-state index is 3.38. The summed E-state index contributed by atoms with van der Waals surface area (Å²) in [4.78, 5) is 5.02. The second kappa shape index (κ2) is 8.04. The molecular weight excluding hydrogens is 198 g/mol. The minimum absolute atomic E-state index is 0.790. The highest BCUT2D eigenvalue weighted by Crippen LogP contribution is 2.13. The monoisotopic (exact) mass is 227 g/mol. The standard InChI is InChI=1S/C13H29N3/c1-4-14-9-5-6-11-16(3)13-8-7-10-15(2)12-13/h13-14H,4-12H2,1-3H3. The topological polar surface area (TPSA) is 18.5 Å². The Morgan fingerprint density at radius 1 is 1.38 bits per heavy atom. The van der Waals surface area contributed by atoms with E-state index in [2.05, 4.69) is 36.1 Å². The number of likely N-dealkylation sites (N-methyl/N-ethyl adjacent to an activating group) is 2. The number of unbranched alkanes of at least 4 members (excludes halogenated alkanes) is 1. The molecule has 96 valence electrons. The zero-order valence-corrected chi connectivity index (χ0v) is 11.3. The minimum Gasteiger partial charge on any atom is -0.317 e. The molecule has 0 aliphatic carbocycles. The molecule has 0 bridgehead atoms. The lowest BCUT2D eigenvalue weighted by Crippen LogP contribution is -2.45. The average molecular weight is 227 g/mol. The normalized spacial score (nSPS) is 22.9. The van der Waals surface area contributed by atoms with Gasteiger partial charge in [-0.1, -0.05) is 6.92 Å². The van der Waals surface area contributed by atoms with Gasteiger partial charge in [-0.3, -0.25) is 0 Å². The van der Waals surface area contributed by atoms with Gasteiger partial charge in [0.05, 0.1) is 0 Å². The van der Waals surface area contributed by atoms with Gasteiger partial charge in [0, 0.05) is 12.6 Å². The third kappa shape index (κ3) is 5.28. The predicted octanol–water partition coefficient (Wildman–Crippen LogP) is 1.40. The molecule has 0 aromatic rings. The average Bonchev–Trinajstić information content (AvgIpc) is 2.28. The molecule has 3 heteroatoms. The Hall–Kier alpha value is -0.120. The number of nitrogens with one attached hydrogen (secondary N) is 1. The van der Waals surface area contributed by atoms with Gasteiger partial charge in [0.25, 0.3) is 0 Å². The quantitative estimate of drug-likeness (QED) is 0.663. The van der Waals surface area contributed by atoms with Crippen LogP contribution >= 0.6 is 0 Å². The van der Waals surface area contributed by atoms with Crippen molar-refractivity contribution in [3.8, 4) is 0 Å². The third-order valence-electron chi connectivity index (χ3n) is 3.59. The number of hydrogen-bond donors (Lipinski definition) is 1. The van der Waals surface area contributed by atoms with Crippen molar-refractivity contribution in [3.63, 3.8) is 0 Å². The summed E-state index contributed by atoms with van der Waals surface area (Å²) in [5.41, 5.74) is 0. The van der Waals surface area contributed by atoms with E-state index >= 15 is 0 Å². The van der Waals surface area contributed by atoms with Crippen molar-refractivity contribution in [1.82, 2.24) is 15.1 Å². The van der Waals surface area contributed by atoms with Gasteiger partial charge in [0.15, 0.2) is 0 Å². The van der Waals surface area contributed by atoms with E-state index in [-0.39, 0.29) is 0 Å². The first-order chi connectivity index (χ1) is 7.74. The van der Waals surface area contributed by atoms with Crippen molar-refractivity contribution >= 4 is 0 Å². The van der Waals surface area contributed by atoms with E-state index in [1.54, 1.807) is 0 Å². The van der Waals surface area contributed by atoms with Crippen LogP contribution in [0.1, 0.15) is 32.6 Å².